The molecular weight excluding hydrogens is 274 g/mol. The lowest BCUT2D eigenvalue weighted by Crippen LogP contribution is -2.27. The van der Waals surface area contributed by atoms with Crippen LogP contribution in [0.5, 0.6) is 0 Å². The van der Waals surface area contributed by atoms with Gasteiger partial charge in [-0.2, -0.15) is 5.10 Å². The lowest BCUT2D eigenvalue weighted by molar-refractivity contribution is -0.139. The fourth-order valence-electron chi connectivity index (χ4n) is 1.49. The van der Waals surface area contributed by atoms with Crippen molar-refractivity contribution in [1.82, 2.24) is 9.78 Å². The van der Waals surface area contributed by atoms with Gasteiger partial charge in [-0.15, -0.1) is 0 Å². The molecule has 7 heteroatoms. The Kier molecular flexibility index (Phi) is 5.52. The minimum absolute atomic E-state index is 0.138. The van der Waals surface area contributed by atoms with Crippen LogP contribution in [-0.2, 0) is 21.3 Å². The van der Waals surface area contributed by atoms with Gasteiger partial charge in [0.25, 0.3) is 0 Å². The Morgan fingerprint density at radius 1 is 1.43 bits per heavy atom. The van der Waals surface area contributed by atoms with E-state index in [-0.39, 0.29) is 12.4 Å². The van der Waals surface area contributed by atoms with Crippen LogP contribution in [0.15, 0.2) is 12.3 Å². The molecule has 1 N–H and O–H groups in total. The summed E-state index contributed by atoms with van der Waals surface area (Å²) in [7, 11) is 3.06. The Bertz CT molecular complexity index is 541. The summed E-state index contributed by atoms with van der Waals surface area (Å²) in [4.78, 5) is 22.8. The summed E-state index contributed by atoms with van der Waals surface area (Å²) in [6.07, 6.45) is 4.50. The van der Waals surface area contributed by atoms with E-state index in [4.69, 9.17) is 4.74 Å². The molecule has 0 unspecified atom stereocenters. The van der Waals surface area contributed by atoms with Gasteiger partial charge >= 0.3 is 12.1 Å². The molecule has 0 radical (unpaired) electrons. The molecule has 0 saturated carbocycles. The van der Waals surface area contributed by atoms with Crippen LogP contribution in [-0.4, -0.2) is 34.6 Å². The number of nitrogens with zero attached hydrogens (tertiary/aromatic N) is 2. The standard InChI is InChI=1S/C14H21N3O4/c1-14(2,3)21-13(19)15-11-9-17(4)16-10(11)7-6-8-12(18)20-5/h6-7,9H,8H2,1-5H3,(H,15,19). The van der Waals surface area contributed by atoms with Crippen molar-refractivity contribution in [3.8, 4) is 0 Å². The van der Waals surface area contributed by atoms with E-state index in [9.17, 15) is 9.59 Å². The minimum Gasteiger partial charge on any atom is -0.469 e. The normalized spacial score (nSPS) is 11.5. The number of hydrogen-bond acceptors (Lipinski definition) is 5. The van der Waals surface area contributed by atoms with Crippen molar-refractivity contribution < 1.29 is 19.1 Å². The van der Waals surface area contributed by atoms with Gasteiger partial charge in [0.15, 0.2) is 0 Å². The molecule has 0 atom stereocenters. The number of ether oxygens (including phenoxy) is 2. The maximum absolute atomic E-state index is 11.7. The highest BCUT2D eigenvalue weighted by Crippen LogP contribution is 2.17. The summed E-state index contributed by atoms with van der Waals surface area (Å²) < 4.78 is 11.3. The van der Waals surface area contributed by atoms with Gasteiger partial charge in [0, 0.05) is 13.2 Å². The third kappa shape index (κ3) is 6.11. The molecule has 1 rings (SSSR count). The highest BCUT2D eigenvalue weighted by atomic mass is 16.6. The number of aryl methyl sites for hydroxylation is 1. The summed E-state index contributed by atoms with van der Waals surface area (Å²) in [6, 6.07) is 0. The van der Waals surface area contributed by atoms with Crippen LogP contribution < -0.4 is 5.32 Å². The molecule has 0 bridgehead atoms. The van der Waals surface area contributed by atoms with Crippen molar-refractivity contribution in [3.63, 3.8) is 0 Å². The third-order valence-corrected chi connectivity index (χ3v) is 2.28. The van der Waals surface area contributed by atoms with E-state index in [2.05, 4.69) is 15.2 Å². The molecule has 0 fully saturated rings. The maximum atomic E-state index is 11.7. The van der Waals surface area contributed by atoms with Crippen LogP contribution in [0, 0.1) is 0 Å². The van der Waals surface area contributed by atoms with Crippen LogP contribution in [0.4, 0.5) is 10.5 Å². The van der Waals surface area contributed by atoms with Crippen molar-refractivity contribution in [2.24, 2.45) is 7.05 Å². The van der Waals surface area contributed by atoms with E-state index < -0.39 is 11.7 Å². The highest BCUT2D eigenvalue weighted by Gasteiger charge is 2.17. The van der Waals surface area contributed by atoms with Crippen LogP contribution in [0.2, 0.25) is 0 Å². The second kappa shape index (κ2) is 6.92. The Hall–Kier alpha value is -2.31. The molecule has 116 valence electrons. The Balaban J connectivity index is 2.75. The quantitative estimate of drug-likeness (QED) is 0.862. The topological polar surface area (TPSA) is 82.5 Å². The molecule has 7 nitrogen and oxygen atoms in total. The lowest BCUT2D eigenvalue weighted by Gasteiger charge is -2.19. The third-order valence-electron chi connectivity index (χ3n) is 2.28. The van der Waals surface area contributed by atoms with E-state index >= 15 is 0 Å². The Morgan fingerprint density at radius 3 is 2.67 bits per heavy atom. The van der Waals surface area contributed by atoms with Crippen molar-refractivity contribution in [2.45, 2.75) is 32.8 Å². The second-order valence-corrected chi connectivity index (χ2v) is 5.41. The molecular formula is C14H21N3O4. The molecule has 1 heterocycles. The summed E-state index contributed by atoms with van der Waals surface area (Å²) in [6.45, 7) is 5.35. The van der Waals surface area contributed by atoms with E-state index in [1.807, 2.05) is 0 Å². The zero-order chi connectivity index (χ0) is 16.0. The smallest absolute Gasteiger partial charge is 0.412 e. The fourth-order valence-corrected chi connectivity index (χ4v) is 1.49. The average Bonchev–Trinajstić information content (AvgIpc) is 2.66. The fraction of sp³-hybridized carbons (Fsp3) is 0.500. The van der Waals surface area contributed by atoms with Gasteiger partial charge in [0.2, 0.25) is 0 Å². The molecule has 21 heavy (non-hydrogen) atoms. The van der Waals surface area contributed by atoms with Gasteiger partial charge in [-0.1, -0.05) is 6.08 Å². The number of amides is 1. The molecule has 0 aliphatic heterocycles. The van der Waals surface area contributed by atoms with Crippen molar-refractivity contribution >= 4 is 23.8 Å². The van der Waals surface area contributed by atoms with E-state index in [1.54, 1.807) is 50.8 Å². The summed E-state index contributed by atoms with van der Waals surface area (Å²) in [5, 5.41) is 6.82. The number of anilines is 1. The first kappa shape index (κ1) is 16.7. The van der Waals surface area contributed by atoms with Crippen LogP contribution in [0.3, 0.4) is 0 Å². The molecule has 1 aromatic rings. The number of carbonyl (C=O) groups is 2. The molecule has 0 spiro atoms. The average molecular weight is 295 g/mol. The van der Waals surface area contributed by atoms with Crippen LogP contribution in [0.1, 0.15) is 32.9 Å². The molecule has 1 aromatic heterocycles. The lowest BCUT2D eigenvalue weighted by atomic mass is 10.2. The van der Waals surface area contributed by atoms with Crippen molar-refractivity contribution in [2.75, 3.05) is 12.4 Å². The monoisotopic (exact) mass is 295 g/mol. The van der Waals surface area contributed by atoms with Crippen LogP contribution in [0.25, 0.3) is 6.08 Å². The van der Waals surface area contributed by atoms with Gasteiger partial charge in [0.1, 0.15) is 11.3 Å². The highest BCUT2D eigenvalue weighted by molar-refractivity contribution is 5.87. The van der Waals surface area contributed by atoms with E-state index in [0.29, 0.717) is 11.4 Å². The second-order valence-electron chi connectivity index (χ2n) is 5.41. The van der Waals surface area contributed by atoms with E-state index in [1.165, 1.54) is 7.11 Å². The zero-order valence-electron chi connectivity index (χ0n) is 13.0. The van der Waals surface area contributed by atoms with Gasteiger partial charge < -0.3 is 9.47 Å². The summed E-state index contributed by atoms with van der Waals surface area (Å²) in [5.74, 6) is -0.344. The van der Waals surface area contributed by atoms with Gasteiger partial charge in [0.05, 0.1) is 19.2 Å². The maximum Gasteiger partial charge on any atom is 0.412 e. The molecule has 1 amide bonds. The predicted octanol–water partition coefficient (Wildman–Crippen LogP) is 2.34. The SMILES string of the molecule is COC(=O)CC=Cc1nn(C)cc1NC(=O)OC(C)(C)C. The molecule has 0 aliphatic carbocycles. The number of carbonyl (C=O) groups excluding carboxylic acids is 2. The largest absolute Gasteiger partial charge is 0.469 e. The number of aromatic nitrogens is 2. The first-order chi connectivity index (χ1) is 9.71. The summed E-state index contributed by atoms with van der Waals surface area (Å²) >= 11 is 0. The van der Waals surface area contributed by atoms with E-state index in [0.717, 1.165) is 0 Å². The number of hydrogen-bond donors (Lipinski definition) is 1. The number of nitrogens with one attached hydrogen (secondary N) is 1. The number of methoxy groups -OCH3 is 1. The molecule has 0 aromatic carbocycles. The van der Waals surface area contributed by atoms with Gasteiger partial charge in [-0.25, -0.2) is 4.79 Å². The first-order valence-electron chi connectivity index (χ1n) is 6.48. The summed E-state index contributed by atoms with van der Waals surface area (Å²) in [5.41, 5.74) is 0.466. The number of esters is 1. The first-order valence-corrected chi connectivity index (χ1v) is 6.48. The molecule has 0 saturated heterocycles. The minimum atomic E-state index is -0.576. The van der Waals surface area contributed by atoms with Gasteiger partial charge in [-0.3, -0.25) is 14.8 Å². The predicted molar refractivity (Wildman–Crippen MR) is 78.7 cm³/mol. The Morgan fingerprint density at radius 2 is 2.10 bits per heavy atom. The van der Waals surface area contributed by atoms with Crippen molar-refractivity contribution in [3.05, 3.63) is 18.0 Å². The van der Waals surface area contributed by atoms with Crippen LogP contribution >= 0.6 is 0 Å². The Labute approximate surface area is 123 Å². The van der Waals surface area contributed by atoms with Gasteiger partial charge in [-0.05, 0) is 26.8 Å². The van der Waals surface area contributed by atoms with Crippen molar-refractivity contribution in [1.29, 1.82) is 0 Å². The number of rotatable bonds is 4. The molecule has 0 aliphatic rings. The zero-order valence-corrected chi connectivity index (χ0v) is 13.0.